The Labute approximate surface area is 172 Å². The lowest BCUT2D eigenvalue weighted by atomic mass is 9.45. The number of nitrogens with one attached hydrogen (secondary N) is 2. The summed E-state index contributed by atoms with van der Waals surface area (Å²) in [7, 11) is 0. The summed E-state index contributed by atoms with van der Waals surface area (Å²) in [5.74, 6) is 1.43. The van der Waals surface area contributed by atoms with E-state index in [1.165, 1.54) is 30.4 Å². The SMILES string of the molecule is Cc1ccc(C23CC4CC(CC(NC(=O)NN=Cc5ccccc5)(C4)C2)C3)cc1. The van der Waals surface area contributed by atoms with Crippen molar-refractivity contribution in [2.75, 3.05) is 0 Å². The summed E-state index contributed by atoms with van der Waals surface area (Å²) in [5.41, 5.74) is 6.55. The zero-order chi connectivity index (χ0) is 19.9. The van der Waals surface area contributed by atoms with Crippen molar-refractivity contribution in [3.63, 3.8) is 0 Å². The highest BCUT2D eigenvalue weighted by Gasteiger charge is 2.58. The number of benzene rings is 2. The molecule has 2 unspecified atom stereocenters. The quantitative estimate of drug-likeness (QED) is 0.568. The van der Waals surface area contributed by atoms with Crippen LogP contribution < -0.4 is 10.7 Å². The number of amides is 2. The Hall–Kier alpha value is -2.62. The van der Waals surface area contributed by atoms with Gasteiger partial charge in [0, 0.05) is 5.54 Å². The van der Waals surface area contributed by atoms with E-state index in [0.717, 1.165) is 24.8 Å². The predicted octanol–water partition coefficient (Wildman–Crippen LogP) is 4.92. The monoisotopic (exact) mass is 387 g/mol. The van der Waals surface area contributed by atoms with E-state index in [9.17, 15) is 4.79 Å². The molecule has 0 radical (unpaired) electrons. The third kappa shape index (κ3) is 3.57. The number of aryl methyl sites for hydroxylation is 1. The minimum Gasteiger partial charge on any atom is -0.331 e. The Bertz CT molecular complexity index is 905. The zero-order valence-electron chi connectivity index (χ0n) is 17.0. The number of carbonyl (C=O) groups is 1. The summed E-state index contributed by atoms with van der Waals surface area (Å²) < 4.78 is 0. The molecule has 4 heteroatoms. The molecule has 0 heterocycles. The zero-order valence-corrected chi connectivity index (χ0v) is 17.0. The van der Waals surface area contributed by atoms with Gasteiger partial charge < -0.3 is 5.32 Å². The van der Waals surface area contributed by atoms with Gasteiger partial charge in [0.1, 0.15) is 0 Å². The topological polar surface area (TPSA) is 53.5 Å². The number of urea groups is 1. The lowest BCUT2D eigenvalue weighted by Gasteiger charge is -2.62. The second kappa shape index (κ2) is 7.01. The first kappa shape index (κ1) is 18.4. The Kier molecular flexibility index (Phi) is 4.45. The maximum Gasteiger partial charge on any atom is 0.335 e. The van der Waals surface area contributed by atoms with Gasteiger partial charge in [-0.25, -0.2) is 10.2 Å². The normalized spacial score (nSPS) is 32.4. The lowest BCUT2D eigenvalue weighted by Crippen LogP contribution is -2.65. The van der Waals surface area contributed by atoms with Crippen molar-refractivity contribution in [3.8, 4) is 0 Å². The van der Waals surface area contributed by atoms with Gasteiger partial charge in [-0.2, -0.15) is 5.10 Å². The van der Waals surface area contributed by atoms with Crippen LogP contribution in [0.25, 0.3) is 0 Å². The molecule has 2 N–H and O–H groups in total. The molecular weight excluding hydrogens is 358 g/mol. The molecule has 6 rings (SSSR count). The fraction of sp³-hybridized carbons (Fsp3) is 0.440. The van der Waals surface area contributed by atoms with Crippen LogP contribution in [0, 0.1) is 18.8 Å². The van der Waals surface area contributed by atoms with Crippen molar-refractivity contribution in [1.82, 2.24) is 10.7 Å². The molecule has 2 aromatic carbocycles. The number of carbonyl (C=O) groups excluding carboxylic acids is 1. The summed E-state index contributed by atoms with van der Waals surface area (Å²) >= 11 is 0. The molecule has 0 aliphatic heterocycles. The first-order valence-electron chi connectivity index (χ1n) is 10.8. The van der Waals surface area contributed by atoms with E-state index in [4.69, 9.17) is 0 Å². The van der Waals surface area contributed by atoms with Gasteiger partial charge in [-0.05, 0) is 73.8 Å². The second-order valence-electron chi connectivity index (χ2n) is 9.62. The molecule has 2 amide bonds. The van der Waals surface area contributed by atoms with Crippen molar-refractivity contribution < 1.29 is 4.79 Å². The van der Waals surface area contributed by atoms with Crippen molar-refractivity contribution in [2.24, 2.45) is 16.9 Å². The van der Waals surface area contributed by atoms with Crippen molar-refractivity contribution in [2.45, 2.75) is 56.4 Å². The Morgan fingerprint density at radius 1 is 1.00 bits per heavy atom. The average Bonchev–Trinajstić information content (AvgIpc) is 2.68. The van der Waals surface area contributed by atoms with Crippen LogP contribution in [0.1, 0.15) is 55.2 Å². The molecule has 2 aromatic rings. The molecule has 150 valence electrons. The molecule has 4 nitrogen and oxygen atoms in total. The number of rotatable bonds is 4. The molecule has 0 spiro atoms. The molecule has 4 aliphatic carbocycles. The van der Waals surface area contributed by atoms with Gasteiger partial charge in [0.2, 0.25) is 0 Å². The molecule has 4 aliphatic rings. The van der Waals surface area contributed by atoms with E-state index < -0.39 is 0 Å². The highest BCUT2D eigenvalue weighted by Crippen LogP contribution is 2.62. The third-order valence-corrected chi connectivity index (χ3v) is 7.28. The van der Waals surface area contributed by atoms with Gasteiger partial charge in [-0.1, -0.05) is 60.2 Å². The summed E-state index contributed by atoms with van der Waals surface area (Å²) in [6.07, 6.45) is 8.80. The molecule has 29 heavy (non-hydrogen) atoms. The van der Waals surface area contributed by atoms with E-state index in [1.54, 1.807) is 6.21 Å². The molecule has 2 atom stereocenters. The second-order valence-corrected chi connectivity index (χ2v) is 9.62. The Balaban J connectivity index is 1.31. The van der Waals surface area contributed by atoms with Crippen LogP contribution in [0.15, 0.2) is 59.7 Å². The van der Waals surface area contributed by atoms with Gasteiger partial charge >= 0.3 is 6.03 Å². The van der Waals surface area contributed by atoms with E-state index >= 15 is 0 Å². The third-order valence-electron chi connectivity index (χ3n) is 7.28. The van der Waals surface area contributed by atoms with E-state index in [-0.39, 0.29) is 17.0 Å². The van der Waals surface area contributed by atoms with Crippen LogP contribution in [0.5, 0.6) is 0 Å². The molecule has 4 bridgehead atoms. The van der Waals surface area contributed by atoms with Gasteiger partial charge in [0.15, 0.2) is 0 Å². The Morgan fingerprint density at radius 2 is 1.69 bits per heavy atom. The molecule has 4 saturated carbocycles. The molecule has 0 aromatic heterocycles. The van der Waals surface area contributed by atoms with Gasteiger partial charge in [-0.15, -0.1) is 0 Å². The fourth-order valence-corrected chi connectivity index (χ4v) is 6.63. The van der Waals surface area contributed by atoms with E-state index in [1.807, 2.05) is 30.3 Å². The van der Waals surface area contributed by atoms with Crippen LogP contribution in [0.4, 0.5) is 4.79 Å². The van der Waals surface area contributed by atoms with E-state index in [0.29, 0.717) is 11.8 Å². The number of nitrogens with zero attached hydrogens (tertiary/aromatic N) is 1. The van der Waals surface area contributed by atoms with Gasteiger partial charge in [-0.3, -0.25) is 0 Å². The summed E-state index contributed by atoms with van der Waals surface area (Å²) in [4.78, 5) is 12.7. The summed E-state index contributed by atoms with van der Waals surface area (Å²) in [6.45, 7) is 2.15. The first-order chi connectivity index (χ1) is 14.0. The minimum atomic E-state index is -0.182. The van der Waals surface area contributed by atoms with Crippen molar-refractivity contribution in [3.05, 3.63) is 71.3 Å². The predicted molar refractivity (Wildman–Crippen MR) is 116 cm³/mol. The summed E-state index contributed by atoms with van der Waals surface area (Å²) in [5, 5.41) is 7.49. The highest BCUT2D eigenvalue weighted by molar-refractivity contribution is 5.82. The molecule has 0 saturated heterocycles. The minimum absolute atomic E-state index is 0.0959. The number of hydrogen-bond donors (Lipinski definition) is 2. The van der Waals surface area contributed by atoms with Crippen LogP contribution in [-0.2, 0) is 5.41 Å². The maximum absolute atomic E-state index is 12.7. The fourth-order valence-electron chi connectivity index (χ4n) is 6.63. The Morgan fingerprint density at radius 3 is 2.38 bits per heavy atom. The van der Waals surface area contributed by atoms with Crippen LogP contribution in [0.3, 0.4) is 0 Å². The first-order valence-corrected chi connectivity index (χ1v) is 10.8. The lowest BCUT2D eigenvalue weighted by molar-refractivity contribution is -0.0349. The molecular formula is C25H29N3O. The van der Waals surface area contributed by atoms with Crippen molar-refractivity contribution >= 4 is 12.2 Å². The van der Waals surface area contributed by atoms with Gasteiger partial charge in [0.25, 0.3) is 0 Å². The number of hydrogen-bond acceptors (Lipinski definition) is 2. The maximum atomic E-state index is 12.7. The highest BCUT2D eigenvalue weighted by atomic mass is 16.2. The van der Waals surface area contributed by atoms with Crippen LogP contribution in [0.2, 0.25) is 0 Å². The van der Waals surface area contributed by atoms with Crippen LogP contribution >= 0.6 is 0 Å². The van der Waals surface area contributed by atoms with Crippen molar-refractivity contribution in [1.29, 1.82) is 0 Å². The standard InChI is InChI=1S/C25H29N3O/c1-18-7-9-22(10-8-18)24-12-20-11-21(13-24)15-25(14-20,17-24)27-23(29)28-26-16-19-5-3-2-4-6-19/h2-10,16,20-21H,11-15,17H2,1H3,(H2,27,28,29). The smallest absolute Gasteiger partial charge is 0.331 e. The van der Waals surface area contributed by atoms with Gasteiger partial charge in [0.05, 0.1) is 6.21 Å². The average molecular weight is 388 g/mol. The largest absolute Gasteiger partial charge is 0.335 e. The van der Waals surface area contributed by atoms with E-state index in [2.05, 4.69) is 47.0 Å². The summed E-state index contributed by atoms with van der Waals surface area (Å²) in [6, 6.07) is 18.7. The number of hydrazone groups is 1. The molecule has 4 fully saturated rings. The van der Waals surface area contributed by atoms with Crippen LogP contribution in [-0.4, -0.2) is 17.8 Å².